The molecule has 5 rings (SSSR count). The first-order valence-electron chi connectivity index (χ1n) is 11.6. The lowest BCUT2D eigenvalue weighted by atomic mass is 9.84. The van der Waals surface area contributed by atoms with Gasteiger partial charge in [-0.3, -0.25) is 19.3 Å². The fourth-order valence-electron chi connectivity index (χ4n) is 4.51. The van der Waals surface area contributed by atoms with Crippen molar-refractivity contribution < 1.29 is 14.4 Å². The average Bonchev–Trinajstić information content (AvgIpc) is 3.56. The summed E-state index contributed by atoms with van der Waals surface area (Å²) in [5.41, 5.74) is 3.79. The molecule has 0 N–H and O–H groups in total. The lowest BCUT2D eigenvalue weighted by Gasteiger charge is -2.26. The Morgan fingerprint density at radius 2 is 1.80 bits per heavy atom. The summed E-state index contributed by atoms with van der Waals surface area (Å²) in [4.78, 5) is 46.8. The molecule has 1 aliphatic heterocycles. The van der Waals surface area contributed by atoms with E-state index in [2.05, 4.69) is 33.8 Å². The van der Waals surface area contributed by atoms with Crippen LogP contribution in [0, 0.1) is 5.92 Å². The highest BCUT2D eigenvalue weighted by atomic mass is 32.1. The summed E-state index contributed by atoms with van der Waals surface area (Å²) in [6.07, 6.45) is 0.893. The summed E-state index contributed by atoms with van der Waals surface area (Å²) in [6.45, 7) is 8.48. The van der Waals surface area contributed by atoms with E-state index in [1.807, 2.05) is 36.4 Å². The number of ketones is 2. The number of aryl methyl sites for hydroxylation is 1. The van der Waals surface area contributed by atoms with Gasteiger partial charge in [0.2, 0.25) is 5.78 Å². The van der Waals surface area contributed by atoms with Gasteiger partial charge in [-0.15, -0.1) is 11.3 Å². The van der Waals surface area contributed by atoms with Crippen molar-refractivity contribution in [2.45, 2.75) is 45.6 Å². The van der Waals surface area contributed by atoms with Crippen LogP contribution in [0.5, 0.6) is 0 Å². The molecule has 7 heteroatoms. The van der Waals surface area contributed by atoms with Gasteiger partial charge in [-0.1, -0.05) is 75.4 Å². The normalized spacial score (nSPS) is 18.6. The third-order valence-corrected chi connectivity index (χ3v) is 8.43. The van der Waals surface area contributed by atoms with E-state index < -0.39 is 23.7 Å². The Morgan fingerprint density at radius 1 is 1.06 bits per heavy atom. The van der Waals surface area contributed by atoms with Crippen LogP contribution in [-0.2, 0) is 21.4 Å². The smallest absolute Gasteiger partial charge is 0.292 e. The summed E-state index contributed by atoms with van der Waals surface area (Å²) in [5.74, 6) is -2.79. The van der Waals surface area contributed by atoms with Crippen LogP contribution < -0.4 is 4.90 Å². The molecule has 0 radical (unpaired) electrons. The summed E-state index contributed by atoms with van der Waals surface area (Å²) >= 11 is 2.66. The van der Waals surface area contributed by atoms with E-state index >= 15 is 0 Å². The SMILES string of the molecule is CCc1ccc2nc(N3C(=O)C(=O)C(C(=O)c4cccs4)C3c3ccc(C(C)(C)C)cc3)sc2c1. The summed E-state index contributed by atoms with van der Waals surface area (Å²) < 4.78 is 0.953. The topological polar surface area (TPSA) is 67.3 Å². The van der Waals surface area contributed by atoms with Crippen molar-refractivity contribution in [3.05, 3.63) is 81.5 Å². The Balaban J connectivity index is 1.65. The maximum Gasteiger partial charge on any atom is 0.297 e. The van der Waals surface area contributed by atoms with E-state index in [9.17, 15) is 14.4 Å². The number of aromatic nitrogens is 1. The highest BCUT2D eigenvalue weighted by molar-refractivity contribution is 7.22. The summed E-state index contributed by atoms with van der Waals surface area (Å²) in [5, 5.41) is 2.25. The number of carbonyl (C=O) groups is 3. The van der Waals surface area contributed by atoms with Crippen molar-refractivity contribution in [3.63, 3.8) is 0 Å². The number of hydrogen-bond donors (Lipinski definition) is 0. The van der Waals surface area contributed by atoms with Crippen LogP contribution in [0.25, 0.3) is 10.2 Å². The quantitative estimate of drug-likeness (QED) is 0.181. The van der Waals surface area contributed by atoms with Gasteiger partial charge in [0.25, 0.3) is 5.91 Å². The lowest BCUT2D eigenvalue weighted by molar-refractivity contribution is -0.135. The molecular weight excluding hydrogens is 476 g/mol. The second-order valence-electron chi connectivity index (χ2n) is 9.83. The molecular formula is C28H26N2O3S2. The molecule has 1 aliphatic rings. The number of Topliss-reactive ketones (excluding diaryl/α,β-unsaturated/α-hetero) is 2. The van der Waals surface area contributed by atoms with Crippen molar-refractivity contribution in [1.82, 2.24) is 4.98 Å². The van der Waals surface area contributed by atoms with Crippen LogP contribution in [0.2, 0.25) is 0 Å². The summed E-state index contributed by atoms with van der Waals surface area (Å²) in [7, 11) is 0. The Morgan fingerprint density at radius 3 is 2.43 bits per heavy atom. The predicted octanol–water partition coefficient (Wildman–Crippen LogP) is 6.37. The van der Waals surface area contributed by atoms with Gasteiger partial charge in [-0.05, 0) is 52.1 Å². The first kappa shape index (κ1) is 23.6. The molecule has 2 aromatic heterocycles. The highest BCUT2D eigenvalue weighted by Crippen LogP contribution is 2.44. The first-order valence-corrected chi connectivity index (χ1v) is 13.3. The number of carbonyl (C=O) groups excluding carboxylic acids is 3. The number of benzene rings is 2. The monoisotopic (exact) mass is 502 g/mol. The van der Waals surface area contributed by atoms with Crippen molar-refractivity contribution in [2.75, 3.05) is 4.90 Å². The Hall–Kier alpha value is -3.16. The number of rotatable bonds is 5. The van der Waals surface area contributed by atoms with Crippen molar-refractivity contribution in [3.8, 4) is 0 Å². The van der Waals surface area contributed by atoms with Crippen molar-refractivity contribution in [1.29, 1.82) is 0 Å². The van der Waals surface area contributed by atoms with Crippen LogP contribution in [0.1, 0.15) is 60.1 Å². The predicted molar refractivity (Wildman–Crippen MR) is 142 cm³/mol. The summed E-state index contributed by atoms with van der Waals surface area (Å²) in [6, 6.07) is 16.7. The minimum Gasteiger partial charge on any atom is -0.292 e. The maximum atomic E-state index is 13.5. The van der Waals surface area contributed by atoms with E-state index in [4.69, 9.17) is 4.98 Å². The first-order chi connectivity index (χ1) is 16.7. The van der Waals surface area contributed by atoms with E-state index in [0.717, 1.165) is 27.8 Å². The van der Waals surface area contributed by atoms with E-state index in [0.29, 0.717) is 10.0 Å². The van der Waals surface area contributed by atoms with Gasteiger partial charge in [0.05, 0.1) is 21.1 Å². The molecule has 1 fully saturated rings. The number of thiophene rings is 1. The van der Waals surface area contributed by atoms with E-state index in [-0.39, 0.29) is 11.2 Å². The lowest BCUT2D eigenvalue weighted by Crippen LogP contribution is -2.30. The number of hydrogen-bond acceptors (Lipinski definition) is 6. The van der Waals surface area contributed by atoms with Crippen LogP contribution >= 0.6 is 22.7 Å². The second kappa shape index (κ2) is 8.81. The van der Waals surface area contributed by atoms with Gasteiger partial charge in [-0.2, -0.15) is 0 Å². The fraction of sp³-hybridized carbons (Fsp3) is 0.286. The van der Waals surface area contributed by atoms with Gasteiger partial charge in [-0.25, -0.2) is 4.98 Å². The average molecular weight is 503 g/mol. The fourth-order valence-corrected chi connectivity index (χ4v) is 6.28. The molecule has 1 amide bonds. The van der Waals surface area contributed by atoms with E-state index in [1.165, 1.54) is 33.1 Å². The molecule has 178 valence electrons. The van der Waals surface area contributed by atoms with Gasteiger partial charge >= 0.3 is 0 Å². The highest BCUT2D eigenvalue weighted by Gasteiger charge is 2.53. The van der Waals surface area contributed by atoms with Crippen LogP contribution in [0.15, 0.2) is 60.0 Å². The molecule has 1 saturated heterocycles. The minimum absolute atomic E-state index is 0.0459. The van der Waals surface area contributed by atoms with Crippen molar-refractivity contribution >= 4 is 55.5 Å². The van der Waals surface area contributed by atoms with Crippen molar-refractivity contribution in [2.24, 2.45) is 5.92 Å². The van der Waals surface area contributed by atoms with Gasteiger partial charge in [0, 0.05) is 0 Å². The van der Waals surface area contributed by atoms with Crippen LogP contribution in [0.3, 0.4) is 0 Å². The molecule has 0 aliphatic carbocycles. The third kappa shape index (κ3) is 4.13. The number of fused-ring (bicyclic) bond motifs is 1. The molecule has 2 unspecified atom stereocenters. The minimum atomic E-state index is -1.11. The van der Waals surface area contributed by atoms with Crippen LogP contribution in [0.4, 0.5) is 5.13 Å². The molecule has 2 atom stereocenters. The number of nitrogens with zero attached hydrogens (tertiary/aromatic N) is 2. The largest absolute Gasteiger partial charge is 0.297 e. The Kier molecular flexibility index (Phi) is 5.93. The van der Waals surface area contributed by atoms with E-state index in [1.54, 1.807) is 17.5 Å². The third-order valence-electron chi connectivity index (χ3n) is 6.53. The van der Waals surface area contributed by atoms with Gasteiger partial charge in [0.15, 0.2) is 10.9 Å². The molecule has 0 bridgehead atoms. The molecule has 3 heterocycles. The zero-order chi connectivity index (χ0) is 24.9. The van der Waals surface area contributed by atoms with Crippen LogP contribution in [-0.4, -0.2) is 22.5 Å². The van der Waals surface area contributed by atoms with Gasteiger partial charge < -0.3 is 0 Å². The Bertz CT molecular complexity index is 1430. The van der Waals surface area contributed by atoms with Gasteiger partial charge in [0.1, 0.15) is 5.92 Å². The zero-order valence-electron chi connectivity index (χ0n) is 20.1. The zero-order valence-corrected chi connectivity index (χ0v) is 21.7. The number of thiazole rings is 1. The maximum absolute atomic E-state index is 13.5. The molecule has 35 heavy (non-hydrogen) atoms. The molecule has 5 nitrogen and oxygen atoms in total. The molecule has 0 spiro atoms. The molecule has 0 saturated carbocycles. The second-order valence-corrected chi connectivity index (χ2v) is 11.8. The number of anilines is 1. The molecule has 4 aromatic rings. The molecule has 2 aromatic carbocycles. The Labute approximate surface area is 212 Å². The number of amides is 1. The standard InChI is InChI=1S/C28H26N2O3S2/c1-5-16-8-13-19-21(15-16)35-27(29-19)30-23(17-9-11-18(12-10-17)28(2,3)4)22(25(32)26(30)33)24(31)20-7-6-14-34-20/h6-15,22-23H,5H2,1-4H3.